The Morgan fingerprint density at radius 3 is 2.57 bits per heavy atom. The molecule has 1 saturated heterocycles. The maximum absolute atomic E-state index is 11.0. The van der Waals surface area contributed by atoms with E-state index < -0.39 is 5.97 Å². The lowest BCUT2D eigenvalue weighted by atomic mass is 10.1. The number of allylic oxidation sites excluding steroid dienone is 1. The van der Waals surface area contributed by atoms with Crippen molar-refractivity contribution in [3.05, 3.63) is 11.6 Å². The summed E-state index contributed by atoms with van der Waals surface area (Å²) in [5.74, 6) is -0.276. The molecule has 0 amide bonds. The van der Waals surface area contributed by atoms with E-state index in [2.05, 4.69) is 0 Å². The summed E-state index contributed by atoms with van der Waals surface area (Å²) in [5.41, 5.74) is 0.621. The van der Waals surface area contributed by atoms with Crippen LogP contribution in [0, 0.1) is 17.3 Å². The maximum atomic E-state index is 11.0. The first-order valence-corrected chi connectivity index (χ1v) is 5.54. The van der Waals surface area contributed by atoms with Crippen LogP contribution in [0.15, 0.2) is 11.6 Å². The molecule has 1 heterocycles. The van der Waals surface area contributed by atoms with Crippen LogP contribution in [-0.2, 0) is 9.59 Å². The second-order valence-electron chi connectivity index (χ2n) is 4.43. The fourth-order valence-corrected chi connectivity index (χ4v) is 2.60. The van der Waals surface area contributed by atoms with Crippen LogP contribution in [0.2, 0.25) is 0 Å². The SMILES string of the molecule is CC1(C)C(/C=C2\CSC2=O)C1C(=O)O. The molecule has 2 unspecified atom stereocenters. The molecule has 2 atom stereocenters. The van der Waals surface area contributed by atoms with Gasteiger partial charge in [-0.1, -0.05) is 31.7 Å². The fraction of sp³-hybridized carbons (Fsp3) is 0.600. The Morgan fingerprint density at radius 1 is 1.64 bits per heavy atom. The zero-order valence-electron chi connectivity index (χ0n) is 8.11. The van der Waals surface area contributed by atoms with E-state index in [1.807, 2.05) is 19.9 Å². The van der Waals surface area contributed by atoms with Crippen LogP contribution in [0.25, 0.3) is 0 Å². The molecule has 2 aliphatic rings. The van der Waals surface area contributed by atoms with Crippen LogP contribution in [0.1, 0.15) is 13.8 Å². The first-order chi connectivity index (χ1) is 6.44. The number of aliphatic carboxylic acids is 1. The molecule has 2 fully saturated rings. The highest BCUT2D eigenvalue weighted by molar-refractivity contribution is 8.16. The Bertz CT molecular complexity index is 343. The minimum Gasteiger partial charge on any atom is -0.481 e. The van der Waals surface area contributed by atoms with Crippen LogP contribution in [0.5, 0.6) is 0 Å². The van der Waals surface area contributed by atoms with Gasteiger partial charge in [0.05, 0.1) is 5.92 Å². The average Bonchev–Trinajstić information content (AvgIpc) is 2.61. The van der Waals surface area contributed by atoms with Crippen molar-refractivity contribution in [1.82, 2.24) is 0 Å². The first kappa shape index (κ1) is 9.77. The summed E-state index contributed by atoms with van der Waals surface area (Å²) in [6.07, 6.45) is 1.86. The molecule has 0 bridgehead atoms. The highest BCUT2D eigenvalue weighted by Crippen LogP contribution is 2.59. The fourth-order valence-electron chi connectivity index (χ4n) is 2.01. The molecular weight excluding hydrogens is 200 g/mol. The molecule has 14 heavy (non-hydrogen) atoms. The van der Waals surface area contributed by atoms with Crippen molar-refractivity contribution in [1.29, 1.82) is 0 Å². The molecule has 3 nitrogen and oxygen atoms in total. The summed E-state index contributed by atoms with van der Waals surface area (Å²) in [6.45, 7) is 3.87. The van der Waals surface area contributed by atoms with E-state index in [9.17, 15) is 9.59 Å². The molecule has 2 rings (SSSR count). The van der Waals surface area contributed by atoms with Gasteiger partial charge in [-0.15, -0.1) is 0 Å². The molecule has 0 aromatic carbocycles. The van der Waals surface area contributed by atoms with Crippen LogP contribution < -0.4 is 0 Å². The Balaban J connectivity index is 2.12. The van der Waals surface area contributed by atoms with Gasteiger partial charge in [0.2, 0.25) is 5.12 Å². The highest BCUT2D eigenvalue weighted by atomic mass is 32.2. The highest BCUT2D eigenvalue weighted by Gasteiger charge is 2.61. The average molecular weight is 212 g/mol. The summed E-state index contributed by atoms with van der Waals surface area (Å²) in [4.78, 5) is 21.9. The van der Waals surface area contributed by atoms with E-state index in [0.29, 0.717) is 0 Å². The molecule has 0 aromatic rings. The summed E-state index contributed by atoms with van der Waals surface area (Å²) < 4.78 is 0. The molecule has 76 valence electrons. The van der Waals surface area contributed by atoms with Gasteiger partial charge in [-0.05, 0) is 11.3 Å². The van der Waals surface area contributed by atoms with Gasteiger partial charge in [0.15, 0.2) is 0 Å². The first-order valence-electron chi connectivity index (χ1n) is 4.55. The van der Waals surface area contributed by atoms with E-state index in [1.165, 1.54) is 11.8 Å². The van der Waals surface area contributed by atoms with E-state index >= 15 is 0 Å². The third-order valence-corrected chi connectivity index (χ3v) is 4.16. The summed E-state index contributed by atoms with van der Waals surface area (Å²) >= 11 is 1.29. The number of carboxylic acid groups (broad SMARTS) is 1. The molecule has 1 N–H and O–H groups in total. The van der Waals surface area contributed by atoms with Crippen molar-refractivity contribution in [2.24, 2.45) is 17.3 Å². The third-order valence-electron chi connectivity index (χ3n) is 3.18. The van der Waals surface area contributed by atoms with Gasteiger partial charge in [0.25, 0.3) is 0 Å². The van der Waals surface area contributed by atoms with Gasteiger partial charge < -0.3 is 5.11 Å². The van der Waals surface area contributed by atoms with Crippen molar-refractivity contribution >= 4 is 22.8 Å². The van der Waals surface area contributed by atoms with Gasteiger partial charge in [-0.25, -0.2) is 0 Å². The van der Waals surface area contributed by atoms with Crippen LogP contribution in [-0.4, -0.2) is 21.9 Å². The van der Waals surface area contributed by atoms with Gasteiger partial charge in [-0.3, -0.25) is 9.59 Å². The molecule has 4 heteroatoms. The number of carboxylic acids is 1. The molecule has 1 aliphatic carbocycles. The third kappa shape index (κ3) is 1.29. The zero-order chi connectivity index (χ0) is 10.5. The summed E-state index contributed by atoms with van der Waals surface area (Å²) in [7, 11) is 0. The Kier molecular flexibility index (Phi) is 2.00. The second kappa shape index (κ2) is 2.86. The van der Waals surface area contributed by atoms with Crippen LogP contribution in [0.3, 0.4) is 0 Å². The number of carbonyl (C=O) groups excluding carboxylic acids is 1. The van der Waals surface area contributed by atoms with Crippen molar-refractivity contribution in [2.45, 2.75) is 13.8 Å². The Hall–Kier alpha value is -0.770. The van der Waals surface area contributed by atoms with Crippen molar-refractivity contribution in [3.63, 3.8) is 0 Å². The summed E-state index contributed by atoms with van der Waals surface area (Å²) in [6, 6.07) is 0. The zero-order valence-corrected chi connectivity index (χ0v) is 8.93. The predicted molar refractivity (Wildman–Crippen MR) is 53.9 cm³/mol. The number of thioether (sulfide) groups is 1. The van der Waals surface area contributed by atoms with Gasteiger partial charge >= 0.3 is 5.97 Å². The molecule has 0 spiro atoms. The predicted octanol–water partition coefficient (Wildman–Crippen LogP) is 1.54. The smallest absolute Gasteiger partial charge is 0.307 e. The lowest BCUT2D eigenvalue weighted by Gasteiger charge is -2.13. The number of carbonyl (C=O) groups is 2. The number of rotatable bonds is 2. The second-order valence-corrected chi connectivity index (χ2v) is 5.38. The van der Waals surface area contributed by atoms with E-state index in [-0.39, 0.29) is 22.4 Å². The van der Waals surface area contributed by atoms with Gasteiger partial charge in [0, 0.05) is 11.3 Å². The van der Waals surface area contributed by atoms with E-state index in [0.717, 1.165) is 11.3 Å². The largest absolute Gasteiger partial charge is 0.481 e. The monoisotopic (exact) mass is 212 g/mol. The van der Waals surface area contributed by atoms with Crippen molar-refractivity contribution in [3.8, 4) is 0 Å². The quantitative estimate of drug-likeness (QED) is 0.705. The number of hydrogen-bond donors (Lipinski definition) is 1. The molecular formula is C10H12O3S. The van der Waals surface area contributed by atoms with E-state index in [1.54, 1.807) is 0 Å². The molecule has 1 aliphatic heterocycles. The topological polar surface area (TPSA) is 54.4 Å². The minimum absolute atomic E-state index is 0.0415. The summed E-state index contributed by atoms with van der Waals surface area (Å²) in [5, 5.41) is 9.02. The lowest BCUT2D eigenvalue weighted by molar-refractivity contribution is -0.139. The normalized spacial score (nSPS) is 36.7. The standard InChI is InChI=1S/C10H12O3S/c1-10(2)6(7(10)8(11)12)3-5-4-14-9(5)13/h3,6-7H,4H2,1-2H3,(H,11,12)/b5-3+. The van der Waals surface area contributed by atoms with Crippen LogP contribution >= 0.6 is 11.8 Å². The Labute approximate surface area is 86.6 Å². The molecule has 1 saturated carbocycles. The molecule has 0 aromatic heterocycles. The molecule has 0 radical (unpaired) electrons. The Morgan fingerprint density at radius 2 is 2.29 bits per heavy atom. The maximum Gasteiger partial charge on any atom is 0.307 e. The van der Waals surface area contributed by atoms with Gasteiger partial charge in [0.1, 0.15) is 0 Å². The number of hydrogen-bond acceptors (Lipinski definition) is 3. The minimum atomic E-state index is -0.753. The van der Waals surface area contributed by atoms with Crippen molar-refractivity contribution < 1.29 is 14.7 Å². The van der Waals surface area contributed by atoms with Crippen molar-refractivity contribution in [2.75, 3.05) is 5.75 Å². The lowest BCUT2D eigenvalue weighted by Crippen LogP contribution is -2.13. The van der Waals surface area contributed by atoms with Gasteiger partial charge in [-0.2, -0.15) is 0 Å². The van der Waals surface area contributed by atoms with Crippen LogP contribution in [0.4, 0.5) is 0 Å². The van der Waals surface area contributed by atoms with E-state index in [4.69, 9.17) is 5.11 Å².